The van der Waals surface area contributed by atoms with Crippen LogP contribution in [0.3, 0.4) is 0 Å². The molecule has 0 atom stereocenters. The Morgan fingerprint density at radius 3 is 2.06 bits per heavy atom. The van der Waals surface area contributed by atoms with Gasteiger partial charge in [-0.25, -0.2) is 0 Å². The van der Waals surface area contributed by atoms with E-state index < -0.39 is 13.9 Å². The van der Waals surface area contributed by atoms with E-state index >= 15 is 0 Å². The molecule has 0 fully saturated rings. The van der Waals surface area contributed by atoms with Crippen LogP contribution in [0.2, 0.25) is 0 Å². The Morgan fingerprint density at radius 1 is 0.778 bits per heavy atom. The van der Waals surface area contributed by atoms with Crippen molar-refractivity contribution in [1.82, 2.24) is 0 Å². The van der Waals surface area contributed by atoms with Crippen molar-refractivity contribution in [3.63, 3.8) is 0 Å². The molecule has 0 aliphatic heterocycles. The second-order valence-electron chi connectivity index (χ2n) is 8.60. The van der Waals surface area contributed by atoms with Gasteiger partial charge in [0.15, 0.2) is 0 Å². The summed E-state index contributed by atoms with van der Waals surface area (Å²) in [5.41, 5.74) is 3.20. The largest absolute Gasteiger partial charge is 0.497 e. The zero-order chi connectivity index (χ0) is 24.9. The molecule has 5 rings (SSSR count). The average molecular weight is 491 g/mol. The van der Waals surface area contributed by atoms with Gasteiger partial charge in [0, 0.05) is 6.42 Å². The molecule has 178 valence electrons. The summed E-state index contributed by atoms with van der Waals surface area (Å²) in [5.74, 6) is -0.0160. The third-order valence-electron chi connectivity index (χ3n) is 6.37. The van der Waals surface area contributed by atoms with Gasteiger partial charge in [0.2, 0.25) is 0 Å². The average Bonchev–Trinajstić information content (AvgIpc) is 2.93. The molecule has 0 bridgehead atoms. The second-order valence-corrected chi connectivity index (χ2v) is 10.8. The van der Waals surface area contributed by atoms with Crippen LogP contribution in [0.1, 0.15) is 12.0 Å². The molecular weight excluding hydrogens is 463 g/mol. The third-order valence-corrected chi connectivity index (χ3v) is 8.87. The number of hydrogen-bond acceptors (Lipinski definition) is 2. The van der Waals surface area contributed by atoms with Crippen molar-refractivity contribution in [2.75, 3.05) is 7.11 Å². The van der Waals surface area contributed by atoms with E-state index in [9.17, 15) is 9.90 Å². The summed E-state index contributed by atoms with van der Waals surface area (Å²) in [6.45, 7) is 0. The number of benzene rings is 5. The van der Waals surface area contributed by atoms with Crippen molar-refractivity contribution in [2.45, 2.75) is 12.8 Å². The van der Waals surface area contributed by atoms with Gasteiger partial charge in [-0.05, 0) is 75.9 Å². The van der Waals surface area contributed by atoms with E-state index in [1.54, 1.807) is 7.11 Å². The van der Waals surface area contributed by atoms with E-state index in [4.69, 9.17) is 4.74 Å². The van der Waals surface area contributed by atoms with E-state index in [1.807, 2.05) is 30.3 Å². The Morgan fingerprint density at radius 2 is 1.42 bits per heavy atom. The molecule has 3 nitrogen and oxygen atoms in total. The molecule has 1 N–H and O–H groups in total. The van der Waals surface area contributed by atoms with Crippen molar-refractivity contribution in [3.8, 4) is 16.9 Å². The third kappa shape index (κ3) is 4.89. The lowest BCUT2D eigenvalue weighted by atomic mass is 9.91. The molecule has 0 amide bonds. The lowest BCUT2D eigenvalue weighted by molar-refractivity contribution is -0.136. The normalized spacial score (nSPS) is 11.1. The van der Waals surface area contributed by atoms with Crippen LogP contribution in [0.15, 0.2) is 115 Å². The number of carboxylic acid groups (broad SMARTS) is 1. The summed E-state index contributed by atoms with van der Waals surface area (Å²) in [6, 6.07) is 40.1. The van der Waals surface area contributed by atoms with Gasteiger partial charge in [0.25, 0.3) is 0 Å². The van der Waals surface area contributed by atoms with Crippen molar-refractivity contribution in [3.05, 3.63) is 121 Å². The SMILES string of the molecule is COc1ccc(P(c2ccccc2)c2ccccc2)c(-c2c(CCC(=O)O)ccc3ccccc23)c1. The summed E-state index contributed by atoms with van der Waals surface area (Å²) in [4.78, 5) is 11.5. The fourth-order valence-corrected chi connectivity index (χ4v) is 7.14. The van der Waals surface area contributed by atoms with E-state index in [0.29, 0.717) is 6.42 Å². The number of fused-ring (bicyclic) bond motifs is 1. The Balaban J connectivity index is 1.82. The molecule has 0 spiro atoms. The van der Waals surface area contributed by atoms with Crippen LogP contribution < -0.4 is 20.7 Å². The lowest BCUT2D eigenvalue weighted by Crippen LogP contribution is -2.22. The predicted molar refractivity (Wildman–Crippen MR) is 151 cm³/mol. The number of hydrogen-bond donors (Lipinski definition) is 1. The minimum absolute atomic E-state index is 0.0801. The van der Waals surface area contributed by atoms with Crippen LogP contribution in [-0.2, 0) is 11.2 Å². The molecule has 0 saturated carbocycles. The lowest BCUT2D eigenvalue weighted by Gasteiger charge is -2.25. The Hall–Kier alpha value is -3.94. The Labute approximate surface area is 212 Å². The number of aryl methyl sites for hydroxylation is 1. The minimum atomic E-state index is -0.869. The van der Waals surface area contributed by atoms with Crippen LogP contribution in [0, 0.1) is 0 Å². The smallest absolute Gasteiger partial charge is 0.303 e. The highest BCUT2D eigenvalue weighted by Gasteiger charge is 2.23. The molecule has 4 heteroatoms. The van der Waals surface area contributed by atoms with E-state index in [0.717, 1.165) is 33.2 Å². The molecule has 0 heterocycles. The topological polar surface area (TPSA) is 46.5 Å². The Kier molecular flexibility index (Phi) is 7.11. The maximum absolute atomic E-state index is 11.5. The van der Waals surface area contributed by atoms with Crippen LogP contribution in [-0.4, -0.2) is 18.2 Å². The van der Waals surface area contributed by atoms with Gasteiger partial charge in [-0.15, -0.1) is 0 Å². The van der Waals surface area contributed by atoms with Gasteiger partial charge < -0.3 is 9.84 Å². The zero-order valence-electron chi connectivity index (χ0n) is 20.1. The molecule has 36 heavy (non-hydrogen) atoms. The number of methoxy groups -OCH3 is 1. The van der Waals surface area contributed by atoms with Crippen LogP contribution >= 0.6 is 7.92 Å². The van der Waals surface area contributed by atoms with Gasteiger partial charge in [-0.3, -0.25) is 4.79 Å². The second kappa shape index (κ2) is 10.8. The van der Waals surface area contributed by atoms with E-state index in [2.05, 4.69) is 84.9 Å². The maximum Gasteiger partial charge on any atom is 0.303 e. The fourth-order valence-electron chi connectivity index (χ4n) is 4.70. The maximum atomic E-state index is 11.5. The van der Waals surface area contributed by atoms with E-state index in [-0.39, 0.29) is 6.42 Å². The molecule has 0 aromatic heterocycles. The molecule has 5 aromatic carbocycles. The minimum Gasteiger partial charge on any atom is -0.497 e. The van der Waals surface area contributed by atoms with Gasteiger partial charge in [-0.1, -0.05) is 97.1 Å². The number of carboxylic acids is 1. The van der Waals surface area contributed by atoms with Gasteiger partial charge in [0.1, 0.15) is 5.75 Å². The first-order valence-electron chi connectivity index (χ1n) is 12.0. The molecular formula is C32H27O3P. The predicted octanol–water partition coefficient (Wildman–Crippen LogP) is 6.29. The quantitative estimate of drug-likeness (QED) is 0.260. The molecule has 0 saturated heterocycles. The summed E-state index contributed by atoms with van der Waals surface area (Å²) in [7, 11) is 0.816. The van der Waals surface area contributed by atoms with Gasteiger partial charge in [-0.2, -0.15) is 0 Å². The zero-order valence-corrected chi connectivity index (χ0v) is 21.0. The summed E-state index contributed by atoms with van der Waals surface area (Å²) in [6.07, 6.45) is 0.539. The number of carbonyl (C=O) groups is 1. The molecule has 0 aliphatic rings. The molecule has 5 aromatic rings. The van der Waals surface area contributed by atoms with E-state index in [1.165, 1.54) is 15.9 Å². The first-order chi connectivity index (χ1) is 17.7. The highest BCUT2D eigenvalue weighted by atomic mass is 31.1. The highest BCUT2D eigenvalue weighted by molar-refractivity contribution is 7.80. The number of rotatable bonds is 8. The summed E-state index contributed by atoms with van der Waals surface area (Å²) >= 11 is 0. The van der Waals surface area contributed by atoms with Crippen molar-refractivity contribution in [2.24, 2.45) is 0 Å². The molecule has 0 aliphatic carbocycles. The first-order valence-corrected chi connectivity index (χ1v) is 13.3. The Bertz CT molecular complexity index is 1460. The fraction of sp³-hybridized carbons (Fsp3) is 0.0938. The van der Waals surface area contributed by atoms with Crippen molar-refractivity contribution < 1.29 is 14.6 Å². The monoisotopic (exact) mass is 490 g/mol. The summed E-state index contributed by atoms with van der Waals surface area (Å²) < 4.78 is 5.69. The molecule has 0 radical (unpaired) electrons. The molecule has 0 unspecified atom stereocenters. The first kappa shape index (κ1) is 23.8. The number of aliphatic carboxylic acids is 1. The van der Waals surface area contributed by atoms with Crippen LogP contribution in [0.25, 0.3) is 21.9 Å². The summed E-state index contributed by atoms with van der Waals surface area (Å²) in [5, 5.41) is 15.4. The van der Waals surface area contributed by atoms with Gasteiger partial charge in [0.05, 0.1) is 7.11 Å². The highest BCUT2D eigenvalue weighted by Crippen LogP contribution is 2.41. The van der Waals surface area contributed by atoms with Crippen molar-refractivity contribution in [1.29, 1.82) is 0 Å². The standard InChI is InChI=1S/C32H27O3P/c1-35-25-19-20-30(36(26-11-4-2-5-12-26)27-13-6-3-7-14-27)29(22-25)32-24(18-21-31(33)34)17-16-23-10-8-9-15-28(23)32/h2-17,19-20,22H,18,21H2,1H3,(H,33,34). The van der Waals surface area contributed by atoms with Crippen LogP contribution in [0.5, 0.6) is 5.75 Å². The number of ether oxygens (including phenoxy) is 1. The van der Waals surface area contributed by atoms with Crippen molar-refractivity contribution >= 4 is 40.6 Å². The van der Waals surface area contributed by atoms with Gasteiger partial charge >= 0.3 is 5.97 Å². The van der Waals surface area contributed by atoms with Crippen LogP contribution in [0.4, 0.5) is 0 Å².